The molecule has 0 spiro atoms. The van der Waals surface area contributed by atoms with Crippen molar-refractivity contribution in [2.75, 3.05) is 12.8 Å². The van der Waals surface area contributed by atoms with Gasteiger partial charge in [-0.2, -0.15) is 0 Å². The Labute approximate surface area is 96.1 Å². The summed E-state index contributed by atoms with van der Waals surface area (Å²) in [6, 6.07) is 6.35. The van der Waals surface area contributed by atoms with Gasteiger partial charge in [0.25, 0.3) is 0 Å². The topological polar surface area (TPSA) is 86.5 Å². The van der Waals surface area contributed by atoms with Crippen molar-refractivity contribution in [2.45, 2.75) is 0 Å². The Hall–Kier alpha value is -2.43. The number of methoxy groups -OCH3 is 1. The van der Waals surface area contributed by atoms with Crippen LogP contribution < -0.4 is 16.6 Å². The molecule has 2 rings (SSSR count). The van der Waals surface area contributed by atoms with Crippen LogP contribution in [0, 0.1) is 0 Å². The number of rotatable bonds is 2. The van der Waals surface area contributed by atoms with Crippen molar-refractivity contribution in [1.29, 1.82) is 0 Å². The molecule has 0 saturated heterocycles. The maximum Gasteiger partial charge on any atom is 0.338 e. The van der Waals surface area contributed by atoms with Gasteiger partial charge in [-0.1, -0.05) is 18.2 Å². The second-order valence-electron chi connectivity index (χ2n) is 3.48. The third kappa shape index (κ3) is 1.52. The lowest BCUT2D eigenvalue weighted by Crippen LogP contribution is -2.36. The molecule has 0 bridgehead atoms. The lowest BCUT2D eigenvalue weighted by molar-refractivity contribution is 0.0601. The Balaban J connectivity index is 2.66. The average Bonchev–Trinajstić information content (AvgIpc) is 2.38. The lowest BCUT2D eigenvalue weighted by Gasteiger charge is -2.10. The van der Waals surface area contributed by atoms with E-state index in [-0.39, 0.29) is 16.8 Å². The molecule has 5 heteroatoms. The normalized spacial score (nSPS) is 10.4. The fourth-order valence-corrected chi connectivity index (χ4v) is 1.67. The monoisotopic (exact) mass is 231 g/mol. The smallest absolute Gasteiger partial charge is 0.338 e. The first-order chi connectivity index (χ1) is 8.07. The minimum atomic E-state index is -0.709. The standard InChI is InChI=1S/C12H9NO4/c1-17-12(16)7-5-3-2-4-6(7)8-9(13)11(15)10(8)14/h2-5H,13H2,1H3. The molecule has 0 aliphatic carbocycles. The number of carbonyl (C=O) groups excluding carboxylic acids is 1. The predicted octanol–water partition coefficient (Wildman–Crippen LogP) is 0.318. The van der Waals surface area contributed by atoms with Crippen LogP contribution in [0.25, 0.3) is 11.1 Å². The number of anilines is 1. The van der Waals surface area contributed by atoms with E-state index < -0.39 is 16.8 Å². The van der Waals surface area contributed by atoms with E-state index in [0.29, 0.717) is 5.56 Å². The largest absolute Gasteiger partial charge is 0.465 e. The van der Waals surface area contributed by atoms with E-state index >= 15 is 0 Å². The van der Waals surface area contributed by atoms with Gasteiger partial charge in [-0.3, -0.25) is 9.59 Å². The van der Waals surface area contributed by atoms with Gasteiger partial charge in [0.2, 0.25) is 10.9 Å². The number of nitrogens with two attached hydrogens (primary N) is 1. The molecule has 0 saturated carbocycles. The molecular weight excluding hydrogens is 222 g/mol. The van der Waals surface area contributed by atoms with E-state index in [9.17, 15) is 14.4 Å². The third-order valence-electron chi connectivity index (χ3n) is 2.55. The summed E-state index contributed by atoms with van der Waals surface area (Å²) in [7, 11) is 1.24. The van der Waals surface area contributed by atoms with Crippen molar-refractivity contribution in [3.8, 4) is 11.1 Å². The Morgan fingerprint density at radius 2 is 1.82 bits per heavy atom. The summed E-state index contributed by atoms with van der Waals surface area (Å²) in [6.45, 7) is 0. The van der Waals surface area contributed by atoms with Crippen LogP contribution >= 0.6 is 0 Å². The summed E-state index contributed by atoms with van der Waals surface area (Å²) in [5.74, 6) is -0.576. The van der Waals surface area contributed by atoms with E-state index in [1.54, 1.807) is 18.2 Å². The number of nitrogen functional groups attached to an aromatic ring is 1. The van der Waals surface area contributed by atoms with Gasteiger partial charge in [-0.25, -0.2) is 4.79 Å². The van der Waals surface area contributed by atoms with Gasteiger partial charge in [-0.05, 0) is 6.07 Å². The number of hydrogen-bond donors (Lipinski definition) is 1. The summed E-state index contributed by atoms with van der Waals surface area (Å²) in [5.41, 5.74) is 4.62. The molecule has 2 N–H and O–H groups in total. The molecule has 0 amide bonds. The molecule has 0 atom stereocenters. The Morgan fingerprint density at radius 3 is 2.41 bits per heavy atom. The molecular formula is C12H9NO4. The molecule has 0 aromatic heterocycles. The molecule has 2 aromatic rings. The zero-order valence-corrected chi connectivity index (χ0v) is 9.02. The Morgan fingerprint density at radius 1 is 1.18 bits per heavy atom. The summed E-state index contributed by atoms with van der Waals surface area (Å²) in [6.07, 6.45) is 0. The summed E-state index contributed by atoms with van der Waals surface area (Å²) in [4.78, 5) is 33.9. The number of ether oxygens (including phenoxy) is 1. The average molecular weight is 231 g/mol. The van der Waals surface area contributed by atoms with Crippen molar-refractivity contribution in [3.63, 3.8) is 0 Å². The second-order valence-corrected chi connectivity index (χ2v) is 3.48. The van der Waals surface area contributed by atoms with Crippen molar-refractivity contribution < 1.29 is 9.53 Å². The van der Waals surface area contributed by atoms with Crippen molar-refractivity contribution >= 4 is 11.7 Å². The van der Waals surface area contributed by atoms with Crippen molar-refractivity contribution in [1.82, 2.24) is 0 Å². The lowest BCUT2D eigenvalue weighted by atomic mass is 9.94. The van der Waals surface area contributed by atoms with E-state index in [4.69, 9.17) is 5.73 Å². The summed E-state index contributed by atoms with van der Waals surface area (Å²) < 4.78 is 4.59. The predicted molar refractivity (Wildman–Crippen MR) is 62.5 cm³/mol. The quantitative estimate of drug-likeness (QED) is 0.594. The highest BCUT2D eigenvalue weighted by Crippen LogP contribution is 2.25. The van der Waals surface area contributed by atoms with Gasteiger partial charge in [0.1, 0.15) is 0 Å². The van der Waals surface area contributed by atoms with Gasteiger partial charge < -0.3 is 10.5 Å². The van der Waals surface area contributed by atoms with Crippen LogP contribution in [0.1, 0.15) is 10.4 Å². The number of hydrogen-bond acceptors (Lipinski definition) is 5. The van der Waals surface area contributed by atoms with Crippen LogP contribution in [0.4, 0.5) is 5.69 Å². The molecule has 0 aliphatic rings. The van der Waals surface area contributed by atoms with Gasteiger partial charge >= 0.3 is 5.97 Å². The molecule has 0 heterocycles. The molecule has 17 heavy (non-hydrogen) atoms. The first kappa shape index (κ1) is 11.1. The van der Waals surface area contributed by atoms with Crippen LogP contribution in [0.5, 0.6) is 0 Å². The van der Waals surface area contributed by atoms with Crippen molar-refractivity contribution in [3.05, 3.63) is 50.3 Å². The minimum absolute atomic E-state index is 0.0935. The second kappa shape index (κ2) is 3.86. The summed E-state index contributed by atoms with van der Waals surface area (Å²) >= 11 is 0. The molecule has 0 aliphatic heterocycles. The highest BCUT2D eigenvalue weighted by molar-refractivity contribution is 5.99. The summed E-state index contributed by atoms with van der Waals surface area (Å²) in [5, 5.41) is 0. The van der Waals surface area contributed by atoms with Gasteiger partial charge in [0.05, 0.1) is 23.9 Å². The van der Waals surface area contributed by atoms with E-state index in [0.717, 1.165) is 0 Å². The third-order valence-corrected chi connectivity index (χ3v) is 2.55. The Bertz CT molecular complexity index is 665. The number of esters is 1. The first-order valence-electron chi connectivity index (χ1n) is 4.84. The molecule has 2 aromatic carbocycles. The van der Waals surface area contributed by atoms with Gasteiger partial charge in [0, 0.05) is 5.56 Å². The zero-order chi connectivity index (χ0) is 12.6. The SMILES string of the molecule is COC(=O)c1ccccc1-c1c(N)c(=O)c1=O. The highest BCUT2D eigenvalue weighted by Gasteiger charge is 2.23. The molecule has 0 fully saturated rings. The fourth-order valence-electron chi connectivity index (χ4n) is 1.67. The van der Waals surface area contributed by atoms with Crippen LogP contribution in [0.15, 0.2) is 33.9 Å². The zero-order valence-electron chi connectivity index (χ0n) is 9.02. The first-order valence-corrected chi connectivity index (χ1v) is 4.84. The van der Waals surface area contributed by atoms with Gasteiger partial charge in [0.15, 0.2) is 0 Å². The van der Waals surface area contributed by atoms with Crippen LogP contribution in [-0.4, -0.2) is 13.1 Å². The molecule has 0 radical (unpaired) electrons. The Kier molecular flexibility index (Phi) is 2.51. The van der Waals surface area contributed by atoms with Gasteiger partial charge in [-0.15, -0.1) is 0 Å². The number of benzene rings is 1. The maximum atomic E-state index is 11.5. The number of carbonyl (C=O) groups is 1. The molecule has 0 unspecified atom stereocenters. The molecule has 86 valence electrons. The minimum Gasteiger partial charge on any atom is -0.465 e. The van der Waals surface area contributed by atoms with Crippen LogP contribution in [0.3, 0.4) is 0 Å². The van der Waals surface area contributed by atoms with E-state index in [1.807, 2.05) is 0 Å². The highest BCUT2D eigenvalue weighted by atomic mass is 16.5. The van der Waals surface area contributed by atoms with Crippen molar-refractivity contribution in [2.24, 2.45) is 0 Å². The van der Waals surface area contributed by atoms with Crippen LogP contribution in [-0.2, 0) is 4.74 Å². The molecule has 5 nitrogen and oxygen atoms in total. The van der Waals surface area contributed by atoms with Crippen LogP contribution in [0.2, 0.25) is 0 Å². The van der Waals surface area contributed by atoms with E-state index in [1.165, 1.54) is 13.2 Å². The maximum absolute atomic E-state index is 11.5. The van der Waals surface area contributed by atoms with E-state index in [2.05, 4.69) is 4.74 Å². The fraction of sp³-hybridized carbons (Fsp3) is 0.0833.